The molecule has 1 spiro atoms. The zero-order valence-electron chi connectivity index (χ0n) is 13.0. The number of hydrogen-bond acceptors (Lipinski definition) is 6. The largest absolute Gasteiger partial charge is 0.442 e. The molecular weight excluding hydrogens is 336 g/mol. The number of fused-ring (bicyclic) bond motifs is 1. The van der Waals surface area contributed by atoms with E-state index in [9.17, 15) is 4.79 Å². The topological polar surface area (TPSA) is 60.8 Å². The Kier molecular flexibility index (Phi) is 3.02. The van der Waals surface area contributed by atoms with Crippen LogP contribution in [0.25, 0.3) is 0 Å². The first-order valence-corrected chi connectivity index (χ1v) is 8.70. The van der Waals surface area contributed by atoms with Crippen LogP contribution in [-0.2, 0) is 4.84 Å². The lowest BCUT2D eigenvalue weighted by atomic mass is 9.83. The lowest BCUT2D eigenvalue weighted by Gasteiger charge is -2.27. The maximum absolute atomic E-state index is 13.1. The van der Waals surface area contributed by atoms with Crippen molar-refractivity contribution in [3.63, 3.8) is 0 Å². The molecule has 2 aromatic heterocycles. The highest BCUT2D eigenvalue weighted by atomic mass is 32.1. The monoisotopic (exact) mass is 348 g/mol. The van der Waals surface area contributed by atoms with Crippen molar-refractivity contribution in [1.29, 1.82) is 0 Å². The summed E-state index contributed by atoms with van der Waals surface area (Å²) in [5.74, 6) is -1.62. The van der Waals surface area contributed by atoms with Crippen molar-refractivity contribution < 1.29 is 14.4 Å². The van der Waals surface area contributed by atoms with Gasteiger partial charge in [0, 0.05) is 18.0 Å². The SMILES string of the molecule is O=C1c2sccc2OC12ON=C(c1ccccc1)C2c1cccnc1. The summed E-state index contributed by atoms with van der Waals surface area (Å²) in [7, 11) is 0. The molecule has 3 aromatic rings. The van der Waals surface area contributed by atoms with Crippen LogP contribution < -0.4 is 4.74 Å². The minimum Gasteiger partial charge on any atom is -0.442 e. The Morgan fingerprint density at radius 1 is 1.08 bits per heavy atom. The normalized spacial score (nSPS) is 23.9. The third kappa shape index (κ3) is 1.97. The summed E-state index contributed by atoms with van der Waals surface area (Å²) in [5, 5.41) is 6.10. The number of rotatable bonds is 2. The molecule has 0 saturated heterocycles. The molecule has 122 valence electrons. The highest BCUT2D eigenvalue weighted by Gasteiger charge is 2.63. The number of carbonyl (C=O) groups excluding carboxylic acids is 1. The van der Waals surface area contributed by atoms with Gasteiger partial charge in [-0.05, 0) is 23.1 Å². The second-order valence-corrected chi connectivity index (χ2v) is 6.78. The molecule has 0 radical (unpaired) electrons. The van der Waals surface area contributed by atoms with Crippen LogP contribution >= 0.6 is 11.3 Å². The van der Waals surface area contributed by atoms with Gasteiger partial charge in [-0.3, -0.25) is 9.78 Å². The Bertz CT molecular complexity index is 984. The molecule has 6 heteroatoms. The fourth-order valence-corrected chi connectivity index (χ4v) is 4.12. The Morgan fingerprint density at radius 2 is 1.96 bits per heavy atom. The van der Waals surface area contributed by atoms with Crippen LogP contribution in [0.1, 0.15) is 26.7 Å². The van der Waals surface area contributed by atoms with Crippen molar-refractivity contribution >= 4 is 22.8 Å². The fourth-order valence-electron chi connectivity index (χ4n) is 3.32. The Balaban J connectivity index is 1.67. The molecule has 0 bridgehead atoms. The molecule has 0 amide bonds. The number of pyridine rings is 1. The van der Waals surface area contributed by atoms with Crippen LogP contribution in [-0.4, -0.2) is 22.3 Å². The van der Waals surface area contributed by atoms with E-state index in [1.54, 1.807) is 18.5 Å². The van der Waals surface area contributed by atoms with E-state index in [1.807, 2.05) is 47.8 Å². The molecule has 5 nitrogen and oxygen atoms in total. The van der Waals surface area contributed by atoms with Crippen molar-refractivity contribution in [3.8, 4) is 5.75 Å². The summed E-state index contributed by atoms with van der Waals surface area (Å²) in [6.07, 6.45) is 3.42. The molecule has 0 fully saturated rings. The van der Waals surface area contributed by atoms with Crippen molar-refractivity contribution in [2.75, 3.05) is 0 Å². The zero-order valence-corrected chi connectivity index (χ0v) is 13.8. The minimum absolute atomic E-state index is 0.193. The van der Waals surface area contributed by atoms with E-state index in [4.69, 9.17) is 9.57 Å². The number of ketones is 1. The average Bonchev–Trinajstić information content (AvgIpc) is 3.34. The second kappa shape index (κ2) is 5.26. The summed E-state index contributed by atoms with van der Waals surface area (Å²) in [5.41, 5.74) is 2.38. The summed E-state index contributed by atoms with van der Waals surface area (Å²) in [6.45, 7) is 0. The van der Waals surface area contributed by atoms with E-state index in [0.717, 1.165) is 11.1 Å². The number of carbonyl (C=O) groups is 1. The van der Waals surface area contributed by atoms with Crippen molar-refractivity contribution in [1.82, 2.24) is 4.98 Å². The standard InChI is InChI=1S/C19H12N2O3S/c22-18-17-14(8-10-25-17)23-19(18)15(13-7-4-9-20-11-13)16(21-24-19)12-5-2-1-3-6-12/h1-11,15H. The summed E-state index contributed by atoms with van der Waals surface area (Å²) >= 11 is 1.35. The molecule has 2 atom stereocenters. The van der Waals surface area contributed by atoms with Crippen LogP contribution in [0.4, 0.5) is 0 Å². The van der Waals surface area contributed by atoms with Gasteiger partial charge in [0.05, 0.1) is 0 Å². The van der Waals surface area contributed by atoms with Crippen molar-refractivity contribution in [2.45, 2.75) is 11.7 Å². The van der Waals surface area contributed by atoms with Gasteiger partial charge in [0.2, 0.25) is 0 Å². The number of hydrogen-bond donors (Lipinski definition) is 0. The van der Waals surface area contributed by atoms with E-state index in [0.29, 0.717) is 16.3 Å². The lowest BCUT2D eigenvalue weighted by molar-refractivity contribution is -0.128. The van der Waals surface area contributed by atoms with Crippen LogP contribution in [0.5, 0.6) is 5.75 Å². The van der Waals surface area contributed by atoms with E-state index in [2.05, 4.69) is 10.1 Å². The van der Waals surface area contributed by atoms with Crippen molar-refractivity contribution in [2.24, 2.45) is 5.16 Å². The first kappa shape index (κ1) is 14.4. The van der Waals surface area contributed by atoms with E-state index in [1.165, 1.54) is 11.3 Å². The number of oxime groups is 1. The maximum Gasteiger partial charge on any atom is 0.353 e. The van der Waals surface area contributed by atoms with Gasteiger partial charge < -0.3 is 9.57 Å². The van der Waals surface area contributed by atoms with Crippen LogP contribution in [0, 0.1) is 0 Å². The van der Waals surface area contributed by atoms with Gasteiger partial charge in [0.15, 0.2) is 0 Å². The predicted octanol–water partition coefficient (Wildman–Crippen LogP) is 3.63. The summed E-state index contributed by atoms with van der Waals surface area (Å²) < 4.78 is 6.02. The fraction of sp³-hybridized carbons (Fsp3) is 0.105. The molecule has 1 aromatic carbocycles. The maximum atomic E-state index is 13.1. The number of Topliss-reactive ketones (excluding diaryl/α,β-unsaturated/α-hetero) is 1. The molecule has 4 heterocycles. The molecule has 2 unspecified atom stereocenters. The number of benzene rings is 1. The van der Waals surface area contributed by atoms with Gasteiger partial charge in [0.1, 0.15) is 22.3 Å². The number of nitrogens with zero attached hydrogens (tertiary/aromatic N) is 2. The Morgan fingerprint density at radius 3 is 2.72 bits per heavy atom. The third-order valence-electron chi connectivity index (χ3n) is 4.43. The summed E-state index contributed by atoms with van der Waals surface area (Å²) in [4.78, 5) is 23.6. The Hall–Kier alpha value is -2.99. The van der Waals surface area contributed by atoms with E-state index < -0.39 is 11.7 Å². The minimum atomic E-state index is -1.49. The molecule has 2 aliphatic rings. The van der Waals surface area contributed by atoms with Crippen LogP contribution in [0.2, 0.25) is 0 Å². The predicted molar refractivity (Wildman–Crippen MR) is 93.1 cm³/mol. The molecule has 2 aliphatic heterocycles. The van der Waals surface area contributed by atoms with Gasteiger partial charge >= 0.3 is 5.79 Å². The molecule has 0 aliphatic carbocycles. The Labute approximate surface area is 147 Å². The van der Waals surface area contributed by atoms with Gasteiger partial charge in [-0.15, -0.1) is 11.3 Å². The van der Waals surface area contributed by atoms with Gasteiger partial charge in [-0.25, -0.2) is 0 Å². The van der Waals surface area contributed by atoms with Gasteiger partial charge in [-0.1, -0.05) is 41.6 Å². The first-order valence-electron chi connectivity index (χ1n) is 7.82. The smallest absolute Gasteiger partial charge is 0.353 e. The van der Waals surface area contributed by atoms with Crippen molar-refractivity contribution in [3.05, 3.63) is 82.3 Å². The summed E-state index contributed by atoms with van der Waals surface area (Å²) in [6, 6.07) is 15.2. The highest BCUT2D eigenvalue weighted by molar-refractivity contribution is 7.12. The molecular formula is C19H12N2O3S. The molecule has 0 N–H and O–H groups in total. The first-order chi connectivity index (χ1) is 12.3. The number of ether oxygens (including phenoxy) is 1. The van der Waals surface area contributed by atoms with Gasteiger partial charge in [-0.2, -0.15) is 0 Å². The second-order valence-electron chi connectivity index (χ2n) is 5.87. The van der Waals surface area contributed by atoms with Crippen LogP contribution in [0.3, 0.4) is 0 Å². The van der Waals surface area contributed by atoms with E-state index >= 15 is 0 Å². The number of aromatic nitrogens is 1. The number of thiophene rings is 1. The third-order valence-corrected chi connectivity index (χ3v) is 5.33. The van der Waals surface area contributed by atoms with Gasteiger partial charge in [0.25, 0.3) is 5.78 Å². The molecule has 5 rings (SSSR count). The van der Waals surface area contributed by atoms with Crippen LogP contribution in [0.15, 0.2) is 71.5 Å². The van der Waals surface area contributed by atoms with E-state index in [-0.39, 0.29) is 5.78 Å². The lowest BCUT2D eigenvalue weighted by Crippen LogP contribution is -2.46. The molecule has 0 saturated carbocycles. The highest BCUT2D eigenvalue weighted by Crippen LogP contribution is 2.50. The average molecular weight is 348 g/mol. The zero-order chi connectivity index (χ0) is 16.9. The quantitative estimate of drug-likeness (QED) is 0.709. The molecule has 25 heavy (non-hydrogen) atoms.